The number of carbonyl (C=O) groups is 2. The van der Waals surface area contributed by atoms with Crippen molar-refractivity contribution >= 4 is 23.0 Å². The number of rotatable bonds is 6. The van der Waals surface area contributed by atoms with E-state index < -0.39 is 17.7 Å². The Morgan fingerprint density at radius 3 is 2.52 bits per heavy atom. The number of benzene rings is 1. The fourth-order valence-electron chi connectivity index (χ4n) is 2.98. The highest BCUT2D eigenvalue weighted by Crippen LogP contribution is 2.39. The van der Waals surface area contributed by atoms with Crippen LogP contribution in [0.1, 0.15) is 21.3 Å². The Morgan fingerprint density at radius 2 is 1.92 bits per heavy atom. The van der Waals surface area contributed by atoms with Gasteiger partial charge in [-0.15, -0.1) is 11.3 Å². The van der Waals surface area contributed by atoms with E-state index in [-0.39, 0.29) is 11.4 Å². The first-order valence-electron chi connectivity index (χ1n) is 8.17. The van der Waals surface area contributed by atoms with Crippen molar-refractivity contribution in [2.45, 2.75) is 6.04 Å². The van der Waals surface area contributed by atoms with Crippen LogP contribution < -0.4 is 4.90 Å². The highest BCUT2D eigenvalue weighted by Gasteiger charge is 2.43. The lowest BCUT2D eigenvalue weighted by Crippen LogP contribution is -3.06. The van der Waals surface area contributed by atoms with Crippen LogP contribution in [0.2, 0.25) is 0 Å². The first-order chi connectivity index (χ1) is 12.0. The molecule has 0 saturated carbocycles. The Morgan fingerprint density at radius 1 is 1.20 bits per heavy atom. The molecule has 1 aliphatic rings. The number of likely N-dealkylation sites (N-methyl/N-ethyl adjacent to an activating group) is 1. The van der Waals surface area contributed by atoms with Crippen molar-refractivity contribution < 1.29 is 19.6 Å². The van der Waals surface area contributed by atoms with Gasteiger partial charge in [-0.25, -0.2) is 0 Å². The Labute approximate surface area is 150 Å². The molecule has 0 fully saturated rings. The van der Waals surface area contributed by atoms with Crippen molar-refractivity contribution in [2.75, 3.05) is 27.2 Å². The maximum atomic E-state index is 12.9. The van der Waals surface area contributed by atoms with Gasteiger partial charge in [0.05, 0.1) is 43.7 Å². The largest absolute Gasteiger partial charge is 0.503 e. The van der Waals surface area contributed by atoms with E-state index in [0.717, 1.165) is 12.1 Å². The minimum atomic E-state index is -0.553. The van der Waals surface area contributed by atoms with Gasteiger partial charge in [-0.1, -0.05) is 36.4 Å². The Kier molecular flexibility index (Phi) is 5.01. The summed E-state index contributed by atoms with van der Waals surface area (Å²) in [4.78, 5) is 28.9. The molecular weight excluding hydrogens is 336 g/mol. The Hall–Kier alpha value is -2.44. The van der Waals surface area contributed by atoms with E-state index in [9.17, 15) is 14.7 Å². The molecular formula is C19H21N2O3S+. The number of ketones is 1. The lowest BCUT2D eigenvalue weighted by Gasteiger charge is -2.27. The van der Waals surface area contributed by atoms with Crippen molar-refractivity contribution in [3.8, 4) is 0 Å². The number of quaternary nitrogens is 1. The zero-order valence-corrected chi connectivity index (χ0v) is 15.0. The van der Waals surface area contributed by atoms with Crippen molar-refractivity contribution in [1.82, 2.24) is 4.90 Å². The monoisotopic (exact) mass is 357 g/mol. The van der Waals surface area contributed by atoms with Crippen molar-refractivity contribution in [1.29, 1.82) is 0 Å². The number of thiophene rings is 1. The summed E-state index contributed by atoms with van der Waals surface area (Å²) >= 11 is 1.31. The van der Waals surface area contributed by atoms with E-state index in [1.54, 1.807) is 17.0 Å². The van der Waals surface area contributed by atoms with Gasteiger partial charge in [-0.3, -0.25) is 9.59 Å². The zero-order chi connectivity index (χ0) is 18.0. The second-order valence-corrected chi connectivity index (χ2v) is 7.29. The van der Waals surface area contributed by atoms with Crippen LogP contribution in [0.4, 0.5) is 0 Å². The molecule has 0 spiro atoms. The highest BCUT2D eigenvalue weighted by molar-refractivity contribution is 7.12. The van der Waals surface area contributed by atoms with E-state index in [1.165, 1.54) is 16.2 Å². The lowest BCUT2D eigenvalue weighted by molar-refractivity contribution is -0.857. The maximum absolute atomic E-state index is 12.9. The van der Waals surface area contributed by atoms with Crippen LogP contribution in [0.5, 0.6) is 0 Å². The standard InChI is InChI=1S/C19H20N2O3S/c1-20(2)10-11-21-16(13-7-4-3-5-8-13)15(18(23)19(21)24)17(22)14-9-6-12-25-14/h3-9,12,16,23H,10-11H2,1-2H3/p+1/t16-/m1/s1. The molecule has 1 aliphatic heterocycles. The molecule has 1 amide bonds. The maximum Gasteiger partial charge on any atom is 0.290 e. The van der Waals surface area contributed by atoms with Crippen molar-refractivity contribution in [2.24, 2.45) is 0 Å². The molecule has 6 heteroatoms. The molecule has 1 aromatic heterocycles. The smallest absolute Gasteiger partial charge is 0.290 e. The van der Waals surface area contributed by atoms with E-state index in [0.29, 0.717) is 11.4 Å². The van der Waals surface area contributed by atoms with Gasteiger partial charge < -0.3 is 14.9 Å². The summed E-state index contributed by atoms with van der Waals surface area (Å²) in [7, 11) is 4.01. The van der Waals surface area contributed by atoms with Gasteiger partial charge in [0.1, 0.15) is 0 Å². The molecule has 25 heavy (non-hydrogen) atoms. The average molecular weight is 357 g/mol. The molecule has 0 radical (unpaired) electrons. The summed E-state index contributed by atoms with van der Waals surface area (Å²) in [5.41, 5.74) is 1.00. The van der Waals surface area contributed by atoms with Gasteiger partial charge in [0, 0.05) is 0 Å². The number of hydrogen-bond acceptors (Lipinski definition) is 4. The van der Waals surface area contributed by atoms with Crippen LogP contribution in [-0.2, 0) is 4.79 Å². The lowest BCUT2D eigenvalue weighted by atomic mass is 9.95. The SMILES string of the molecule is C[NH+](C)CCN1C(=O)C(O)=C(C(=O)c2cccs2)[C@H]1c1ccccc1. The van der Waals surface area contributed by atoms with Crippen molar-refractivity contribution in [3.05, 3.63) is 69.6 Å². The van der Waals surface area contributed by atoms with Crippen molar-refractivity contribution in [3.63, 3.8) is 0 Å². The van der Waals surface area contributed by atoms with Gasteiger partial charge in [0.2, 0.25) is 5.78 Å². The van der Waals surface area contributed by atoms with E-state index in [4.69, 9.17) is 0 Å². The Bertz CT molecular complexity index is 797. The number of nitrogens with one attached hydrogen (secondary N) is 1. The fourth-order valence-corrected chi connectivity index (χ4v) is 3.66. The second kappa shape index (κ2) is 7.21. The van der Waals surface area contributed by atoms with Crippen LogP contribution in [0, 0.1) is 0 Å². The first kappa shape index (κ1) is 17.4. The predicted molar refractivity (Wildman–Crippen MR) is 96.9 cm³/mol. The van der Waals surface area contributed by atoms with Gasteiger partial charge in [0.25, 0.3) is 5.91 Å². The minimum Gasteiger partial charge on any atom is -0.503 e. The summed E-state index contributed by atoms with van der Waals surface area (Å²) in [5, 5.41) is 12.3. The number of Topliss-reactive ketones (excluding diaryl/α,β-unsaturated/α-hetero) is 1. The summed E-state index contributed by atoms with van der Waals surface area (Å²) in [6.07, 6.45) is 0. The highest BCUT2D eigenvalue weighted by atomic mass is 32.1. The minimum absolute atomic E-state index is 0.174. The number of carbonyl (C=O) groups excluding carboxylic acids is 2. The van der Waals surface area contributed by atoms with Crippen LogP contribution in [0.25, 0.3) is 0 Å². The molecule has 2 N–H and O–H groups in total. The molecule has 5 nitrogen and oxygen atoms in total. The number of nitrogens with zero attached hydrogens (tertiary/aromatic N) is 1. The molecule has 0 bridgehead atoms. The third-order valence-electron chi connectivity index (χ3n) is 4.26. The molecule has 1 atom stereocenters. The van der Waals surface area contributed by atoms with Crippen LogP contribution in [-0.4, -0.2) is 48.9 Å². The quantitative estimate of drug-likeness (QED) is 0.770. The van der Waals surface area contributed by atoms with Gasteiger partial charge in [-0.2, -0.15) is 0 Å². The molecule has 0 unspecified atom stereocenters. The molecule has 2 aromatic rings. The fraction of sp³-hybridized carbons (Fsp3) is 0.263. The number of aliphatic hydroxyl groups excluding tert-OH is 1. The first-order valence-corrected chi connectivity index (χ1v) is 9.05. The summed E-state index contributed by atoms with van der Waals surface area (Å²) in [6, 6.07) is 12.3. The van der Waals surface area contributed by atoms with Crippen LogP contribution in [0.3, 0.4) is 0 Å². The molecule has 1 aromatic carbocycles. The summed E-state index contributed by atoms with van der Waals surface area (Å²) in [5.74, 6) is -1.19. The summed E-state index contributed by atoms with van der Waals surface area (Å²) in [6.45, 7) is 1.19. The molecule has 2 heterocycles. The third kappa shape index (κ3) is 3.36. The molecule has 0 aliphatic carbocycles. The molecule has 0 saturated heterocycles. The number of amides is 1. The van der Waals surface area contributed by atoms with Gasteiger partial charge >= 0.3 is 0 Å². The molecule has 130 valence electrons. The number of hydrogen-bond donors (Lipinski definition) is 2. The third-order valence-corrected chi connectivity index (χ3v) is 5.13. The Balaban J connectivity index is 2.04. The topological polar surface area (TPSA) is 62.1 Å². The van der Waals surface area contributed by atoms with E-state index in [1.807, 2.05) is 49.8 Å². The van der Waals surface area contributed by atoms with Gasteiger partial charge in [0.15, 0.2) is 5.76 Å². The molecule has 3 rings (SSSR count). The average Bonchev–Trinajstić information content (AvgIpc) is 3.22. The predicted octanol–water partition coefficient (Wildman–Crippen LogP) is 1.47. The van der Waals surface area contributed by atoms with E-state index >= 15 is 0 Å². The van der Waals surface area contributed by atoms with Crippen LogP contribution >= 0.6 is 11.3 Å². The summed E-state index contributed by atoms with van der Waals surface area (Å²) < 4.78 is 0. The van der Waals surface area contributed by atoms with Crippen LogP contribution in [0.15, 0.2) is 59.2 Å². The van der Waals surface area contributed by atoms with E-state index in [2.05, 4.69) is 0 Å². The normalized spacial score (nSPS) is 17.6. The number of aliphatic hydroxyl groups is 1. The zero-order valence-electron chi connectivity index (χ0n) is 14.2. The van der Waals surface area contributed by atoms with Gasteiger partial charge in [-0.05, 0) is 17.0 Å². The second-order valence-electron chi connectivity index (χ2n) is 6.34.